The van der Waals surface area contributed by atoms with Crippen LogP contribution in [0.3, 0.4) is 0 Å². The summed E-state index contributed by atoms with van der Waals surface area (Å²) in [5.74, 6) is -0.469. The van der Waals surface area contributed by atoms with Gasteiger partial charge in [-0.25, -0.2) is 9.69 Å². The minimum atomic E-state index is -0.995. The van der Waals surface area contributed by atoms with Crippen LogP contribution in [0, 0.1) is 0 Å². The second kappa shape index (κ2) is 9.53. The van der Waals surface area contributed by atoms with Crippen LogP contribution >= 0.6 is 0 Å². The van der Waals surface area contributed by atoms with Crippen molar-refractivity contribution in [1.82, 2.24) is 4.90 Å². The monoisotopic (exact) mass is 351 g/mol. The first-order chi connectivity index (χ1) is 11.7. The van der Waals surface area contributed by atoms with Gasteiger partial charge in [-0.2, -0.15) is 0 Å². The van der Waals surface area contributed by atoms with E-state index in [0.29, 0.717) is 13.0 Å². The molecule has 0 radical (unpaired) electrons. The third-order valence-electron chi connectivity index (χ3n) is 3.52. The van der Waals surface area contributed by atoms with Crippen LogP contribution < -0.4 is 0 Å². The van der Waals surface area contributed by atoms with Crippen LogP contribution in [-0.4, -0.2) is 46.4 Å². The van der Waals surface area contributed by atoms with Gasteiger partial charge in [-0.3, -0.25) is 4.79 Å². The fraction of sp³-hybridized carbons (Fsp3) is 0.579. The lowest BCUT2D eigenvalue weighted by atomic mass is 10.1. The molecule has 2 amide bonds. The first-order valence-corrected chi connectivity index (χ1v) is 8.48. The second-order valence-electron chi connectivity index (χ2n) is 6.91. The minimum Gasteiger partial charge on any atom is -0.443 e. The summed E-state index contributed by atoms with van der Waals surface area (Å²) >= 11 is 0. The topological polar surface area (TPSA) is 76.1 Å². The summed E-state index contributed by atoms with van der Waals surface area (Å²) in [4.78, 5) is 25.2. The standard InChI is InChI=1S/C19H29NO5/c1-6-16(20(14(2)21)18(23)25-19(3,4)5)17(22)13-24-12-15-10-8-7-9-11-15/h7-11,16-17,22H,6,12-13H2,1-5H3. The highest BCUT2D eigenvalue weighted by Gasteiger charge is 2.34. The van der Waals surface area contributed by atoms with Gasteiger partial charge in [-0.15, -0.1) is 0 Å². The van der Waals surface area contributed by atoms with Crippen molar-refractivity contribution >= 4 is 12.0 Å². The van der Waals surface area contributed by atoms with Gasteiger partial charge in [0.2, 0.25) is 5.91 Å². The largest absolute Gasteiger partial charge is 0.443 e. The number of aliphatic hydroxyl groups is 1. The van der Waals surface area contributed by atoms with E-state index < -0.39 is 29.7 Å². The van der Waals surface area contributed by atoms with Gasteiger partial charge in [0.05, 0.1) is 25.4 Å². The van der Waals surface area contributed by atoms with E-state index in [9.17, 15) is 14.7 Å². The van der Waals surface area contributed by atoms with E-state index in [-0.39, 0.29) is 6.61 Å². The number of amides is 2. The molecule has 0 bridgehead atoms. The highest BCUT2D eigenvalue weighted by Crippen LogP contribution is 2.17. The summed E-state index contributed by atoms with van der Waals surface area (Å²) in [6, 6.07) is 8.87. The Morgan fingerprint density at radius 2 is 1.80 bits per heavy atom. The summed E-state index contributed by atoms with van der Waals surface area (Å²) in [6.45, 7) is 8.62. The summed E-state index contributed by atoms with van der Waals surface area (Å²) < 4.78 is 10.8. The molecule has 0 heterocycles. The quantitative estimate of drug-likeness (QED) is 0.817. The first kappa shape index (κ1) is 21.1. The molecule has 1 N–H and O–H groups in total. The van der Waals surface area contributed by atoms with Gasteiger partial charge >= 0.3 is 6.09 Å². The van der Waals surface area contributed by atoms with E-state index in [1.54, 1.807) is 27.7 Å². The van der Waals surface area contributed by atoms with E-state index in [4.69, 9.17) is 9.47 Å². The third-order valence-corrected chi connectivity index (χ3v) is 3.52. The van der Waals surface area contributed by atoms with Crippen molar-refractivity contribution in [2.75, 3.05) is 6.61 Å². The maximum atomic E-state index is 12.3. The van der Waals surface area contributed by atoms with Gasteiger partial charge in [-0.05, 0) is 32.8 Å². The van der Waals surface area contributed by atoms with Crippen LogP contribution in [0.15, 0.2) is 30.3 Å². The molecule has 0 saturated carbocycles. The van der Waals surface area contributed by atoms with Crippen LogP contribution in [0.1, 0.15) is 46.6 Å². The normalized spacial score (nSPS) is 13.8. The molecule has 0 fully saturated rings. The van der Waals surface area contributed by atoms with E-state index in [1.165, 1.54) is 6.92 Å². The number of imide groups is 1. The Bertz CT molecular complexity index is 553. The molecule has 2 unspecified atom stereocenters. The summed E-state index contributed by atoms with van der Waals surface area (Å²) in [5, 5.41) is 10.4. The number of ether oxygens (including phenoxy) is 2. The van der Waals surface area contributed by atoms with Gasteiger partial charge in [0.15, 0.2) is 0 Å². The van der Waals surface area contributed by atoms with Crippen LogP contribution in [0.5, 0.6) is 0 Å². The molecule has 0 saturated heterocycles. The number of benzene rings is 1. The Kier molecular flexibility index (Phi) is 8.06. The Morgan fingerprint density at radius 1 is 1.20 bits per heavy atom. The van der Waals surface area contributed by atoms with Gasteiger partial charge in [0.25, 0.3) is 0 Å². The Balaban J connectivity index is 2.71. The fourth-order valence-electron chi connectivity index (χ4n) is 2.42. The number of rotatable bonds is 7. The van der Waals surface area contributed by atoms with E-state index in [2.05, 4.69) is 0 Å². The second-order valence-corrected chi connectivity index (χ2v) is 6.91. The van der Waals surface area contributed by atoms with Crippen molar-refractivity contribution in [2.24, 2.45) is 0 Å². The zero-order valence-electron chi connectivity index (χ0n) is 15.7. The molecule has 1 rings (SSSR count). The van der Waals surface area contributed by atoms with Crippen molar-refractivity contribution in [3.8, 4) is 0 Å². The lowest BCUT2D eigenvalue weighted by Crippen LogP contribution is -2.52. The highest BCUT2D eigenvalue weighted by molar-refractivity contribution is 5.91. The lowest BCUT2D eigenvalue weighted by Gasteiger charge is -2.33. The van der Waals surface area contributed by atoms with Crippen LogP contribution in [0.4, 0.5) is 4.79 Å². The average molecular weight is 351 g/mol. The SMILES string of the molecule is CCC(C(O)COCc1ccccc1)N(C(C)=O)C(=O)OC(C)(C)C. The van der Waals surface area contributed by atoms with E-state index >= 15 is 0 Å². The molecule has 6 nitrogen and oxygen atoms in total. The zero-order chi connectivity index (χ0) is 19.0. The van der Waals surface area contributed by atoms with Crippen LogP contribution in [0.2, 0.25) is 0 Å². The molecule has 0 aromatic heterocycles. The molecule has 0 aliphatic rings. The smallest absolute Gasteiger partial charge is 0.417 e. The predicted molar refractivity (Wildman–Crippen MR) is 94.9 cm³/mol. The number of aliphatic hydroxyl groups excluding tert-OH is 1. The molecule has 140 valence electrons. The number of carbonyl (C=O) groups excluding carboxylic acids is 2. The molecule has 6 heteroatoms. The van der Waals surface area contributed by atoms with Crippen molar-refractivity contribution in [3.63, 3.8) is 0 Å². The van der Waals surface area contributed by atoms with E-state index in [1.807, 2.05) is 30.3 Å². The summed E-state index contributed by atoms with van der Waals surface area (Å²) in [5.41, 5.74) is 0.260. The molecular weight excluding hydrogens is 322 g/mol. The van der Waals surface area contributed by atoms with Crippen molar-refractivity contribution in [1.29, 1.82) is 0 Å². The number of hydrogen-bond acceptors (Lipinski definition) is 5. The number of carbonyl (C=O) groups is 2. The Morgan fingerprint density at radius 3 is 2.28 bits per heavy atom. The number of hydrogen-bond donors (Lipinski definition) is 1. The summed E-state index contributed by atoms with van der Waals surface area (Å²) in [6.07, 6.45) is -1.35. The van der Waals surface area contributed by atoms with Crippen LogP contribution in [-0.2, 0) is 20.9 Å². The molecule has 2 atom stereocenters. The lowest BCUT2D eigenvalue weighted by molar-refractivity contribution is -0.134. The van der Waals surface area contributed by atoms with Gasteiger partial charge < -0.3 is 14.6 Å². The van der Waals surface area contributed by atoms with Crippen molar-refractivity contribution in [2.45, 2.75) is 65.4 Å². The minimum absolute atomic E-state index is 0.0139. The zero-order valence-corrected chi connectivity index (χ0v) is 15.7. The molecule has 0 spiro atoms. The van der Waals surface area contributed by atoms with Gasteiger partial charge in [0.1, 0.15) is 5.60 Å². The van der Waals surface area contributed by atoms with E-state index in [0.717, 1.165) is 10.5 Å². The number of nitrogens with zero attached hydrogens (tertiary/aromatic N) is 1. The third kappa shape index (κ3) is 7.23. The average Bonchev–Trinajstić information content (AvgIpc) is 2.51. The van der Waals surface area contributed by atoms with Crippen LogP contribution in [0.25, 0.3) is 0 Å². The van der Waals surface area contributed by atoms with Gasteiger partial charge in [0, 0.05) is 6.92 Å². The summed E-state index contributed by atoms with van der Waals surface area (Å²) in [7, 11) is 0. The molecule has 1 aromatic rings. The Labute approximate surface area is 149 Å². The fourth-order valence-corrected chi connectivity index (χ4v) is 2.42. The molecule has 0 aliphatic carbocycles. The maximum absolute atomic E-state index is 12.3. The Hall–Kier alpha value is -1.92. The van der Waals surface area contributed by atoms with Crippen molar-refractivity contribution < 1.29 is 24.2 Å². The highest BCUT2D eigenvalue weighted by atomic mass is 16.6. The molecular formula is C19H29NO5. The van der Waals surface area contributed by atoms with Crippen molar-refractivity contribution in [3.05, 3.63) is 35.9 Å². The molecule has 0 aliphatic heterocycles. The molecule has 25 heavy (non-hydrogen) atoms. The van der Waals surface area contributed by atoms with Gasteiger partial charge in [-0.1, -0.05) is 37.3 Å². The maximum Gasteiger partial charge on any atom is 0.417 e. The molecule has 1 aromatic carbocycles. The first-order valence-electron chi connectivity index (χ1n) is 8.48. The predicted octanol–water partition coefficient (Wildman–Crippen LogP) is 3.13.